The molecule has 1 saturated carbocycles. The van der Waals surface area contributed by atoms with Gasteiger partial charge in [0.2, 0.25) is 0 Å². The van der Waals surface area contributed by atoms with E-state index >= 15 is 0 Å². The van der Waals surface area contributed by atoms with Crippen molar-refractivity contribution in [2.24, 2.45) is 5.41 Å². The Balaban J connectivity index is 2.13. The zero-order valence-electron chi connectivity index (χ0n) is 12.1. The molecule has 3 heteroatoms. The third kappa shape index (κ3) is 3.40. The van der Waals surface area contributed by atoms with Crippen LogP contribution in [0, 0.1) is 24.2 Å². The minimum atomic E-state index is -0.201. The maximum Gasteiger partial charge on any atom is 0.252 e. The van der Waals surface area contributed by atoms with E-state index < -0.39 is 0 Å². The van der Waals surface area contributed by atoms with Crippen LogP contribution in [0.1, 0.15) is 47.7 Å². The molecule has 1 fully saturated rings. The molecule has 20 heavy (non-hydrogen) atoms. The largest absolute Gasteiger partial charge is 0.384 e. The Hall–Kier alpha value is -1.79. The first-order valence-corrected chi connectivity index (χ1v) is 7.09. The van der Waals surface area contributed by atoms with E-state index in [1.165, 1.54) is 12.8 Å². The number of carbonyl (C=O) groups is 1. The lowest BCUT2D eigenvalue weighted by molar-refractivity contribution is 0.0944. The average molecular weight is 271 g/mol. The summed E-state index contributed by atoms with van der Waals surface area (Å²) in [5.74, 6) is 5.36. The monoisotopic (exact) mass is 271 g/mol. The first-order valence-electron chi connectivity index (χ1n) is 7.09. The molecular formula is C17H21NO2. The Bertz CT molecular complexity index is 562. The predicted octanol–water partition coefficient (Wildman–Crippen LogP) is 2.26. The number of carbonyl (C=O) groups excluding carboxylic acids is 1. The first-order chi connectivity index (χ1) is 9.60. The van der Waals surface area contributed by atoms with Crippen LogP contribution >= 0.6 is 0 Å². The Morgan fingerprint density at radius 2 is 2.20 bits per heavy atom. The van der Waals surface area contributed by atoms with Crippen LogP contribution in [0.5, 0.6) is 0 Å². The van der Waals surface area contributed by atoms with E-state index in [0.29, 0.717) is 16.5 Å². The van der Waals surface area contributed by atoms with Gasteiger partial charge in [-0.25, -0.2) is 0 Å². The van der Waals surface area contributed by atoms with Gasteiger partial charge in [-0.1, -0.05) is 30.4 Å². The highest BCUT2D eigenvalue weighted by atomic mass is 16.2. The van der Waals surface area contributed by atoms with Crippen LogP contribution in [-0.4, -0.2) is 24.2 Å². The van der Waals surface area contributed by atoms with Gasteiger partial charge in [-0.05, 0) is 43.7 Å². The molecule has 0 atom stereocenters. The summed E-state index contributed by atoms with van der Waals surface area (Å²) in [4.78, 5) is 12.3. The molecule has 2 rings (SSSR count). The average Bonchev–Trinajstić information content (AvgIpc) is 3.24. The molecule has 1 aromatic rings. The molecule has 0 aliphatic heterocycles. The minimum absolute atomic E-state index is 0.0735. The number of nitrogens with one attached hydrogen (secondary N) is 1. The molecule has 0 heterocycles. The maximum absolute atomic E-state index is 12.3. The number of hydrogen-bond acceptors (Lipinski definition) is 2. The van der Waals surface area contributed by atoms with Crippen molar-refractivity contribution in [3.05, 3.63) is 34.9 Å². The molecule has 106 valence electrons. The highest BCUT2D eigenvalue weighted by Gasteiger charge is 2.40. The summed E-state index contributed by atoms with van der Waals surface area (Å²) < 4.78 is 0. The predicted molar refractivity (Wildman–Crippen MR) is 79.4 cm³/mol. The minimum Gasteiger partial charge on any atom is -0.384 e. The number of aryl methyl sites for hydroxylation is 1. The summed E-state index contributed by atoms with van der Waals surface area (Å²) in [5.41, 5.74) is 2.62. The second-order valence-electron chi connectivity index (χ2n) is 5.55. The van der Waals surface area contributed by atoms with Gasteiger partial charge in [0.1, 0.15) is 6.61 Å². The van der Waals surface area contributed by atoms with Crippen LogP contribution < -0.4 is 5.32 Å². The topological polar surface area (TPSA) is 49.3 Å². The van der Waals surface area contributed by atoms with Crippen LogP contribution in [0.3, 0.4) is 0 Å². The zero-order chi connectivity index (χ0) is 14.6. The van der Waals surface area contributed by atoms with Crippen molar-refractivity contribution in [2.45, 2.75) is 33.1 Å². The second-order valence-corrected chi connectivity index (χ2v) is 5.55. The Kier molecular flexibility index (Phi) is 4.46. The van der Waals surface area contributed by atoms with Crippen LogP contribution in [0.15, 0.2) is 18.2 Å². The van der Waals surface area contributed by atoms with Crippen LogP contribution in [0.4, 0.5) is 0 Å². The van der Waals surface area contributed by atoms with Crippen LogP contribution in [0.2, 0.25) is 0 Å². The maximum atomic E-state index is 12.3. The van der Waals surface area contributed by atoms with E-state index in [0.717, 1.165) is 18.5 Å². The molecule has 0 saturated heterocycles. The highest BCUT2D eigenvalue weighted by Crippen LogP contribution is 2.47. The van der Waals surface area contributed by atoms with E-state index in [1.807, 2.05) is 25.1 Å². The van der Waals surface area contributed by atoms with Gasteiger partial charge in [-0.3, -0.25) is 4.79 Å². The molecule has 1 aliphatic carbocycles. The van der Waals surface area contributed by atoms with E-state index in [4.69, 9.17) is 5.11 Å². The lowest BCUT2D eigenvalue weighted by Gasteiger charge is -2.14. The van der Waals surface area contributed by atoms with Gasteiger partial charge >= 0.3 is 0 Å². The number of aliphatic hydroxyl groups excluding tert-OH is 1. The molecule has 3 nitrogen and oxygen atoms in total. The van der Waals surface area contributed by atoms with Gasteiger partial charge in [0, 0.05) is 12.1 Å². The number of benzene rings is 1. The molecule has 1 aliphatic rings. The molecule has 1 amide bonds. The number of hydrogen-bond donors (Lipinski definition) is 2. The fourth-order valence-electron chi connectivity index (χ4n) is 2.28. The van der Waals surface area contributed by atoms with Gasteiger partial charge in [0.15, 0.2) is 0 Å². The van der Waals surface area contributed by atoms with Gasteiger partial charge in [-0.2, -0.15) is 0 Å². The Morgan fingerprint density at radius 3 is 2.80 bits per heavy atom. The van der Waals surface area contributed by atoms with Gasteiger partial charge in [0.05, 0.1) is 5.56 Å². The van der Waals surface area contributed by atoms with E-state index in [9.17, 15) is 4.79 Å². The van der Waals surface area contributed by atoms with Gasteiger partial charge < -0.3 is 10.4 Å². The Labute approximate surface area is 120 Å². The van der Waals surface area contributed by atoms with Gasteiger partial charge in [-0.15, -0.1) is 0 Å². The summed E-state index contributed by atoms with van der Waals surface area (Å²) in [6.07, 6.45) is 3.52. The zero-order valence-corrected chi connectivity index (χ0v) is 12.1. The third-order valence-corrected chi connectivity index (χ3v) is 4.05. The number of aliphatic hydroxyl groups is 1. The molecule has 0 aromatic heterocycles. The molecule has 0 spiro atoms. The van der Waals surface area contributed by atoms with Crippen molar-refractivity contribution in [1.29, 1.82) is 0 Å². The normalized spacial score (nSPS) is 15.2. The fraction of sp³-hybridized carbons (Fsp3) is 0.471. The van der Waals surface area contributed by atoms with Crippen molar-refractivity contribution in [3.8, 4) is 11.8 Å². The lowest BCUT2D eigenvalue weighted by Crippen LogP contribution is -2.30. The molecule has 0 radical (unpaired) electrons. The summed E-state index contributed by atoms with van der Waals surface area (Å²) in [7, 11) is 0. The van der Waals surface area contributed by atoms with Crippen molar-refractivity contribution >= 4 is 5.91 Å². The quantitative estimate of drug-likeness (QED) is 0.825. The second kappa shape index (κ2) is 6.11. The fourth-order valence-corrected chi connectivity index (χ4v) is 2.28. The standard InChI is InChI=1S/C17H21NO2/c1-3-17(8-9-17)12-18-16(20)15-11-13(2)6-7-14(15)5-4-10-19/h6-7,11,19H,3,8-10,12H2,1-2H3,(H,18,20). The van der Waals surface area contributed by atoms with Crippen molar-refractivity contribution < 1.29 is 9.90 Å². The summed E-state index contributed by atoms with van der Waals surface area (Å²) in [6.45, 7) is 4.66. The molecule has 0 bridgehead atoms. The molecule has 0 unspecified atom stereocenters. The van der Waals surface area contributed by atoms with Crippen LogP contribution in [-0.2, 0) is 0 Å². The smallest absolute Gasteiger partial charge is 0.252 e. The summed E-state index contributed by atoms with van der Waals surface area (Å²) in [5, 5.41) is 11.8. The van der Waals surface area contributed by atoms with E-state index in [-0.39, 0.29) is 12.5 Å². The molecule has 1 aromatic carbocycles. The molecular weight excluding hydrogens is 250 g/mol. The lowest BCUT2D eigenvalue weighted by atomic mass is 10.0. The van der Waals surface area contributed by atoms with Crippen LogP contribution in [0.25, 0.3) is 0 Å². The molecule has 2 N–H and O–H groups in total. The van der Waals surface area contributed by atoms with Gasteiger partial charge in [0.25, 0.3) is 5.91 Å². The highest BCUT2D eigenvalue weighted by molar-refractivity contribution is 5.97. The summed E-state index contributed by atoms with van der Waals surface area (Å²) in [6, 6.07) is 5.61. The number of amides is 1. The Morgan fingerprint density at radius 1 is 1.45 bits per heavy atom. The van der Waals surface area contributed by atoms with Crippen molar-refractivity contribution in [2.75, 3.05) is 13.2 Å². The van der Waals surface area contributed by atoms with Crippen molar-refractivity contribution in [1.82, 2.24) is 5.32 Å². The number of rotatable bonds is 4. The summed E-state index contributed by atoms with van der Waals surface area (Å²) >= 11 is 0. The third-order valence-electron chi connectivity index (χ3n) is 4.05. The van der Waals surface area contributed by atoms with E-state index in [1.54, 1.807) is 0 Å². The van der Waals surface area contributed by atoms with E-state index in [2.05, 4.69) is 24.1 Å². The van der Waals surface area contributed by atoms with Crippen molar-refractivity contribution in [3.63, 3.8) is 0 Å². The first kappa shape index (κ1) is 14.6. The SMILES string of the molecule is CCC1(CNC(=O)c2cc(C)ccc2C#CCO)CC1.